The predicted molar refractivity (Wildman–Crippen MR) is 90.4 cm³/mol. The van der Waals surface area contributed by atoms with Crippen molar-refractivity contribution < 1.29 is 19.4 Å². The van der Waals surface area contributed by atoms with Gasteiger partial charge in [-0.15, -0.1) is 0 Å². The third-order valence-electron chi connectivity index (χ3n) is 4.33. The Hall–Kier alpha value is -2.67. The number of rotatable bonds is 4. The molecule has 132 valence electrons. The van der Waals surface area contributed by atoms with E-state index in [0.29, 0.717) is 18.7 Å². The number of carboxylic acids is 1. The number of carboxylic acid groups (broad SMARTS) is 1. The van der Waals surface area contributed by atoms with Crippen molar-refractivity contribution in [3.63, 3.8) is 0 Å². The van der Waals surface area contributed by atoms with E-state index in [4.69, 9.17) is 9.84 Å². The number of aliphatic carboxylic acids is 1. The Kier molecular flexibility index (Phi) is 4.85. The van der Waals surface area contributed by atoms with Gasteiger partial charge >= 0.3 is 5.97 Å². The molecule has 2 aromatic rings. The van der Waals surface area contributed by atoms with Crippen LogP contribution in [0.5, 0.6) is 0 Å². The van der Waals surface area contributed by atoms with Crippen molar-refractivity contribution in [1.29, 1.82) is 0 Å². The Morgan fingerprint density at radius 1 is 1.28 bits per heavy atom. The van der Waals surface area contributed by atoms with Gasteiger partial charge in [-0.05, 0) is 19.4 Å². The second kappa shape index (κ2) is 7.06. The van der Waals surface area contributed by atoms with E-state index in [9.17, 15) is 9.59 Å². The van der Waals surface area contributed by atoms with Crippen LogP contribution >= 0.6 is 0 Å². The quantitative estimate of drug-likeness (QED) is 0.910. The van der Waals surface area contributed by atoms with Crippen molar-refractivity contribution in [3.8, 4) is 0 Å². The van der Waals surface area contributed by atoms with Crippen LogP contribution in [0.1, 0.15) is 28.5 Å². The summed E-state index contributed by atoms with van der Waals surface area (Å²) in [7, 11) is 0. The zero-order valence-corrected chi connectivity index (χ0v) is 14.3. The minimum Gasteiger partial charge on any atom is -0.479 e. The van der Waals surface area contributed by atoms with Gasteiger partial charge in [0.15, 0.2) is 6.10 Å². The lowest BCUT2D eigenvalue weighted by Gasteiger charge is -2.34. The molecule has 1 aliphatic heterocycles. The third kappa shape index (κ3) is 3.71. The maximum Gasteiger partial charge on any atom is 0.334 e. The topological polar surface area (TPSA) is 84.7 Å². The Labute approximate surface area is 145 Å². The van der Waals surface area contributed by atoms with E-state index >= 15 is 0 Å². The van der Waals surface area contributed by atoms with Gasteiger partial charge < -0.3 is 14.7 Å². The van der Waals surface area contributed by atoms with E-state index in [1.54, 1.807) is 17.8 Å². The third-order valence-corrected chi connectivity index (χ3v) is 4.33. The van der Waals surface area contributed by atoms with Gasteiger partial charge in [0.25, 0.3) is 5.91 Å². The van der Waals surface area contributed by atoms with E-state index in [-0.39, 0.29) is 18.6 Å². The van der Waals surface area contributed by atoms with Gasteiger partial charge in [-0.3, -0.25) is 9.48 Å². The molecule has 3 rings (SSSR count). The highest BCUT2D eigenvalue weighted by atomic mass is 16.5. The van der Waals surface area contributed by atoms with E-state index in [2.05, 4.69) is 5.10 Å². The predicted octanol–water partition coefficient (Wildman–Crippen LogP) is 1.55. The van der Waals surface area contributed by atoms with Gasteiger partial charge in [-0.2, -0.15) is 5.10 Å². The fraction of sp³-hybridized carbons (Fsp3) is 0.389. The molecule has 2 atom stereocenters. The number of carbonyl (C=O) groups excluding carboxylic acids is 1. The first-order chi connectivity index (χ1) is 12.0. The normalized spacial score (nSPS) is 20.5. The van der Waals surface area contributed by atoms with Crippen molar-refractivity contribution >= 4 is 11.9 Å². The minimum atomic E-state index is -1.05. The SMILES string of the molecule is Cc1c(C(=O)N2CC(C(=O)O)O[C@H](C)C2)cnn1Cc1ccccc1. The Bertz CT molecular complexity index is 772. The van der Waals surface area contributed by atoms with Gasteiger partial charge in [0.2, 0.25) is 0 Å². The fourth-order valence-corrected chi connectivity index (χ4v) is 3.00. The number of hydrogen-bond acceptors (Lipinski definition) is 4. The van der Waals surface area contributed by atoms with E-state index in [1.165, 1.54) is 4.90 Å². The first-order valence-electron chi connectivity index (χ1n) is 8.19. The van der Waals surface area contributed by atoms with Crippen LogP contribution in [0, 0.1) is 6.92 Å². The molecular formula is C18H21N3O4. The van der Waals surface area contributed by atoms with Crippen molar-refractivity contribution in [2.45, 2.75) is 32.6 Å². The van der Waals surface area contributed by atoms with Crippen LogP contribution in [0.15, 0.2) is 36.5 Å². The van der Waals surface area contributed by atoms with Crippen LogP contribution in [0.3, 0.4) is 0 Å². The number of morpholine rings is 1. The summed E-state index contributed by atoms with van der Waals surface area (Å²) >= 11 is 0. The molecule has 7 heteroatoms. The molecule has 0 saturated carbocycles. The summed E-state index contributed by atoms with van der Waals surface area (Å²) in [4.78, 5) is 25.6. The number of amides is 1. The summed E-state index contributed by atoms with van der Waals surface area (Å²) in [5.74, 6) is -1.26. The van der Waals surface area contributed by atoms with E-state index < -0.39 is 12.1 Å². The number of carbonyl (C=O) groups is 2. The van der Waals surface area contributed by atoms with Gasteiger partial charge in [0.05, 0.1) is 31.0 Å². The molecule has 2 heterocycles. The molecule has 1 aliphatic rings. The lowest BCUT2D eigenvalue weighted by atomic mass is 10.1. The average Bonchev–Trinajstić information content (AvgIpc) is 2.95. The molecule has 7 nitrogen and oxygen atoms in total. The summed E-state index contributed by atoms with van der Waals surface area (Å²) in [6, 6.07) is 9.88. The molecule has 0 radical (unpaired) electrons. The van der Waals surface area contributed by atoms with Gasteiger partial charge in [-0.1, -0.05) is 30.3 Å². The second-order valence-electron chi connectivity index (χ2n) is 6.27. The smallest absolute Gasteiger partial charge is 0.334 e. The highest BCUT2D eigenvalue weighted by molar-refractivity contribution is 5.95. The number of benzene rings is 1. The molecule has 1 N–H and O–H groups in total. The summed E-state index contributed by atoms with van der Waals surface area (Å²) < 4.78 is 7.14. The van der Waals surface area contributed by atoms with Crippen LogP contribution in [-0.4, -0.2) is 57.0 Å². The maximum atomic E-state index is 12.8. The molecule has 1 saturated heterocycles. The largest absolute Gasteiger partial charge is 0.479 e. The molecule has 1 amide bonds. The minimum absolute atomic E-state index is 0.0435. The van der Waals surface area contributed by atoms with Gasteiger partial charge in [-0.25, -0.2) is 4.79 Å². The fourth-order valence-electron chi connectivity index (χ4n) is 3.00. The standard InChI is InChI=1S/C18H21N3O4/c1-12-9-20(11-16(25-12)18(23)24)17(22)15-8-19-21(13(15)2)10-14-6-4-3-5-7-14/h3-8,12,16H,9-11H2,1-2H3,(H,23,24)/t12-,16?/m1/s1. The Morgan fingerprint density at radius 2 is 2.00 bits per heavy atom. The zero-order valence-electron chi connectivity index (χ0n) is 14.3. The molecule has 1 fully saturated rings. The van der Waals surface area contributed by atoms with Gasteiger partial charge in [0, 0.05) is 12.2 Å². The zero-order chi connectivity index (χ0) is 18.0. The van der Waals surface area contributed by atoms with Crippen LogP contribution in [-0.2, 0) is 16.1 Å². The maximum absolute atomic E-state index is 12.8. The monoisotopic (exact) mass is 343 g/mol. The number of ether oxygens (including phenoxy) is 1. The first-order valence-corrected chi connectivity index (χ1v) is 8.19. The van der Waals surface area contributed by atoms with Crippen molar-refractivity contribution in [2.24, 2.45) is 0 Å². The molecular weight excluding hydrogens is 322 g/mol. The molecule has 0 spiro atoms. The molecule has 25 heavy (non-hydrogen) atoms. The number of nitrogens with zero attached hydrogens (tertiary/aromatic N) is 3. The summed E-state index contributed by atoms with van der Waals surface area (Å²) in [5.41, 5.74) is 2.35. The summed E-state index contributed by atoms with van der Waals surface area (Å²) in [6.45, 7) is 4.60. The van der Waals surface area contributed by atoms with E-state index in [1.807, 2.05) is 37.3 Å². The summed E-state index contributed by atoms with van der Waals surface area (Å²) in [6.07, 6.45) is 0.238. The second-order valence-corrected chi connectivity index (χ2v) is 6.27. The highest BCUT2D eigenvalue weighted by Crippen LogP contribution is 2.17. The molecule has 0 bridgehead atoms. The van der Waals surface area contributed by atoms with Crippen molar-refractivity contribution in [3.05, 3.63) is 53.3 Å². The Balaban J connectivity index is 1.77. The molecule has 1 aromatic carbocycles. The van der Waals surface area contributed by atoms with Gasteiger partial charge in [0.1, 0.15) is 0 Å². The summed E-state index contributed by atoms with van der Waals surface area (Å²) in [5, 5.41) is 13.5. The van der Waals surface area contributed by atoms with Crippen molar-refractivity contribution in [2.75, 3.05) is 13.1 Å². The van der Waals surface area contributed by atoms with Crippen LogP contribution in [0.25, 0.3) is 0 Å². The number of hydrogen-bond donors (Lipinski definition) is 1. The van der Waals surface area contributed by atoms with Crippen molar-refractivity contribution in [1.82, 2.24) is 14.7 Å². The highest BCUT2D eigenvalue weighted by Gasteiger charge is 2.34. The molecule has 1 aromatic heterocycles. The van der Waals surface area contributed by atoms with Crippen LogP contribution < -0.4 is 0 Å². The number of aromatic nitrogens is 2. The Morgan fingerprint density at radius 3 is 2.68 bits per heavy atom. The van der Waals surface area contributed by atoms with Crippen LogP contribution in [0.2, 0.25) is 0 Å². The average molecular weight is 343 g/mol. The molecule has 0 aliphatic carbocycles. The first kappa shape index (κ1) is 17.2. The lowest BCUT2D eigenvalue weighted by Crippen LogP contribution is -2.51. The molecule has 1 unspecified atom stereocenters. The van der Waals surface area contributed by atoms with Crippen LogP contribution in [0.4, 0.5) is 0 Å². The lowest BCUT2D eigenvalue weighted by molar-refractivity contribution is -0.160. The van der Waals surface area contributed by atoms with E-state index in [0.717, 1.165) is 11.3 Å².